The van der Waals surface area contributed by atoms with Crippen molar-refractivity contribution in [2.75, 3.05) is 6.61 Å². The lowest BCUT2D eigenvalue weighted by molar-refractivity contribution is 0.0525. The number of carboxylic acids is 2. The normalized spacial score (nSPS) is 10.1. The number of halogens is 4. The maximum Gasteiger partial charge on any atom is 0.338 e. The molecule has 204 valence electrons. The first-order valence-corrected chi connectivity index (χ1v) is 12.7. The molecule has 2 N–H and O–H groups in total. The third kappa shape index (κ3) is 13.4. The van der Waals surface area contributed by atoms with E-state index < -0.39 is 29.4 Å². The zero-order valence-electron chi connectivity index (χ0n) is 19.6. The van der Waals surface area contributed by atoms with Gasteiger partial charge in [-0.25, -0.2) is 14.4 Å². The summed E-state index contributed by atoms with van der Waals surface area (Å²) in [5.41, 5.74) is 0.584. The summed E-state index contributed by atoms with van der Waals surface area (Å²) in [6, 6.07) is 17.9. The minimum Gasteiger partial charge on any atom is -0.478 e. The Labute approximate surface area is 229 Å². The topological polar surface area (TPSA) is 101 Å². The van der Waals surface area contributed by atoms with Crippen molar-refractivity contribution in [1.82, 2.24) is 0 Å². The van der Waals surface area contributed by atoms with E-state index in [9.17, 15) is 31.9 Å². The van der Waals surface area contributed by atoms with Gasteiger partial charge in [0, 0.05) is 14.7 Å². The van der Waals surface area contributed by atoms with Gasteiger partial charge in [0.25, 0.3) is 11.5 Å². The maximum absolute atomic E-state index is 12.0. The van der Waals surface area contributed by atoms with Crippen LogP contribution < -0.4 is 0 Å². The molecule has 0 spiro atoms. The first-order chi connectivity index (χ1) is 17.9. The number of aromatic carboxylic acids is 2. The molecule has 0 aliphatic carbocycles. The van der Waals surface area contributed by atoms with Crippen LogP contribution in [0.5, 0.6) is 0 Å². The Morgan fingerprint density at radius 3 is 1.58 bits per heavy atom. The molecule has 0 unspecified atom stereocenters. The number of thiol groups is 1. The minimum absolute atomic E-state index is 0.0191. The van der Waals surface area contributed by atoms with Gasteiger partial charge < -0.3 is 14.9 Å². The van der Waals surface area contributed by atoms with Gasteiger partial charge in [-0.2, -0.15) is 17.6 Å². The number of rotatable bonds is 8. The summed E-state index contributed by atoms with van der Waals surface area (Å²) in [6.07, 6.45) is 0. The Kier molecular flexibility index (Phi) is 15.0. The number of hydrogen-bond acceptors (Lipinski definition) is 7. The molecule has 0 saturated heterocycles. The second-order valence-electron chi connectivity index (χ2n) is 6.69. The van der Waals surface area contributed by atoms with Crippen molar-refractivity contribution >= 4 is 54.1 Å². The summed E-state index contributed by atoms with van der Waals surface area (Å²) >= 11 is 4.73. The maximum atomic E-state index is 12.0. The van der Waals surface area contributed by atoms with Crippen LogP contribution in [0.2, 0.25) is 0 Å². The Bertz CT molecular complexity index is 1210. The molecular weight excluding hydrogens is 568 g/mol. The van der Waals surface area contributed by atoms with Gasteiger partial charge in [-0.1, -0.05) is 41.7 Å². The van der Waals surface area contributed by atoms with E-state index in [1.807, 2.05) is 0 Å². The van der Waals surface area contributed by atoms with E-state index in [1.54, 1.807) is 25.1 Å². The van der Waals surface area contributed by atoms with Crippen molar-refractivity contribution in [2.24, 2.45) is 0 Å². The molecule has 3 rings (SSSR count). The third-order valence-corrected chi connectivity index (χ3v) is 5.66. The summed E-state index contributed by atoms with van der Waals surface area (Å²) in [5, 5.41) is 17.0. The molecule has 0 heterocycles. The fourth-order valence-corrected chi connectivity index (χ4v) is 3.80. The lowest BCUT2D eigenvalue weighted by Crippen LogP contribution is -2.04. The quantitative estimate of drug-likeness (QED) is 0.107. The molecule has 0 aromatic heterocycles. The minimum atomic E-state index is -2.52. The average molecular weight is 591 g/mol. The summed E-state index contributed by atoms with van der Waals surface area (Å²) in [5.74, 6) is -7.53. The first-order valence-electron chi connectivity index (χ1n) is 10.4. The van der Waals surface area contributed by atoms with Crippen molar-refractivity contribution in [2.45, 2.75) is 33.1 Å². The molecule has 0 atom stereocenters. The van der Waals surface area contributed by atoms with Gasteiger partial charge in [0.2, 0.25) is 0 Å². The highest BCUT2D eigenvalue weighted by atomic mass is 32.2. The first kappa shape index (κ1) is 32.9. The van der Waals surface area contributed by atoms with Crippen molar-refractivity contribution in [1.29, 1.82) is 0 Å². The summed E-state index contributed by atoms with van der Waals surface area (Å²) < 4.78 is 52.6. The monoisotopic (exact) mass is 590 g/mol. The molecule has 38 heavy (non-hydrogen) atoms. The zero-order valence-corrected chi connectivity index (χ0v) is 22.1. The van der Waals surface area contributed by atoms with Gasteiger partial charge in [-0.05, 0) is 61.5 Å². The molecule has 0 bridgehead atoms. The van der Waals surface area contributed by atoms with Crippen LogP contribution in [0.25, 0.3) is 0 Å². The number of thioether (sulfide) groups is 2. The predicted molar refractivity (Wildman–Crippen MR) is 140 cm³/mol. The summed E-state index contributed by atoms with van der Waals surface area (Å²) in [7, 11) is 0. The van der Waals surface area contributed by atoms with Crippen LogP contribution in [0.4, 0.5) is 17.6 Å². The largest absolute Gasteiger partial charge is 0.478 e. The molecule has 3 aromatic carbocycles. The predicted octanol–water partition coefficient (Wildman–Crippen LogP) is 7.55. The molecule has 3 aromatic rings. The van der Waals surface area contributed by atoms with E-state index in [4.69, 9.17) is 14.9 Å². The van der Waals surface area contributed by atoms with E-state index in [0.717, 1.165) is 0 Å². The fraction of sp³-hybridized carbons (Fsp3) is 0.160. The standard InChI is InChI=1S/C10H10F2O2S.C8H6F2O2S.C7H6O2S/c1-2-14-9(13)7-4-3-5-8(6-7)15-10(11)12;9-8(10)13-6-3-1-2-5(4-6)7(11)12;8-7(9)5-2-1-3-6(10)4-5/h3-6,10H,2H2,1H3;1-4,8H,(H,11,12);1-4,10H,(H,8,9). The zero-order chi connectivity index (χ0) is 28.7. The van der Waals surface area contributed by atoms with Gasteiger partial charge in [-0.15, -0.1) is 12.6 Å². The molecule has 0 radical (unpaired) electrons. The summed E-state index contributed by atoms with van der Waals surface area (Å²) in [6.45, 7) is 1.96. The Hall–Kier alpha value is -3.16. The van der Waals surface area contributed by atoms with Gasteiger partial charge in [0.05, 0.1) is 23.3 Å². The second-order valence-corrected chi connectivity index (χ2v) is 9.34. The lowest BCUT2D eigenvalue weighted by atomic mass is 10.2. The number of hydrogen-bond donors (Lipinski definition) is 3. The van der Waals surface area contributed by atoms with Crippen LogP contribution in [-0.4, -0.2) is 46.2 Å². The lowest BCUT2D eigenvalue weighted by Gasteiger charge is -2.04. The molecular formula is C25H22F4O6S3. The van der Waals surface area contributed by atoms with Gasteiger partial charge >= 0.3 is 17.9 Å². The van der Waals surface area contributed by atoms with E-state index in [-0.39, 0.29) is 22.6 Å². The van der Waals surface area contributed by atoms with E-state index in [0.29, 0.717) is 38.9 Å². The Morgan fingerprint density at radius 2 is 1.18 bits per heavy atom. The Morgan fingerprint density at radius 1 is 0.763 bits per heavy atom. The number of carboxylic acid groups (broad SMARTS) is 2. The van der Waals surface area contributed by atoms with Crippen molar-refractivity contribution < 1.29 is 46.9 Å². The van der Waals surface area contributed by atoms with Crippen LogP contribution >= 0.6 is 36.2 Å². The molecule has 6 nitrogen and oxygen atoms in total. The number of alkyl halides is 4. The number of esters is 1. The van der Waals surface area contributed by atoms with Gasteiger partial charge in [0.15, 0.2) is 0 Å². The highest BCUT2D eigenvalue weighted by molar-refractivity contribution is 7.99. The van der Waals surface area contributed by atoms with Crippen molar-refractivity contribution in [3.05, 3.63) is 89.5 Å². The fourth-order valence-electron chi connectivity index (χ4n) is 2.46. The highest BCUT2D eigenvalue weighted by Gasteiger charge is 2.10. The van der Waals surface area contributed by atoms with Crippen molar-refractivity contribution in [3.63, 3.8) is 0 Å². The van der Waals surface area contributed by atoms with Crippen LogP contribution in [0, 0.1) is 0 Å². The van der Waals surface area contributed by atoms with E-state index in [1.165, 1.54) is 54.6 Å². The molecule has 0 aliphatic heterocycles. The molecule has 0 amide bonds. The van der Waals surface area contributed by atoms with Crippen LogP contribution in [0.15, 0.2) is 87.5 Å². The molecule has 13 heteroatoms. The van der Waals surface area contributed by atoms with Crippen LogP contribution in [0.3, 0.4) is 0 Å². The van der Waals surface area contributed by atoms with Gasteiger partial charge in [0.1, 0.15) is 0 Å². The summed E-state index contributed by atoms with van der Waals surface area (Å²) in [4.78, 5) is 33.3. The average Bonchev–Trinajstić information content (AvgIpc) is 2.84. The van der Waals surface area contributed by atoms with Crippen molar-refractivity contribution in [3.8, 4) is 0 Å². The second kappa shape index (κ2) is 17.4. The number of carbonyl (C=O) groups is 3. The van der Waals surface area contributed by atoms with E-state index >= 15 is 0 Å². The smallest absolute Gasteiger partial charge is 0.338 e. The van der Waals surface area contributed by atoms with Crippen LogP contribution in [-0.2, 0) is 4.74 Å². The van der Waals surface area contributed by atoms with Crippen LogP contribution in [0.1, 0.15) is 38.0 Å². The number of benzene rings is 3. The van der Waals surface area contributed by atoms with E-state index in [2.05, 4.69) is 12.6 Å². The number of carbonyl (C=O) groups excluding carboxylic acids is 1. The third-order valence-electron chi connectivity index (χ3n) is 3.97. The van der Waals surface area contributed by atoms with Gasteiger partial charge in [-0.3, -0.25) is 0 Å². The highest BCUT2D eigenvalue weighted by Crippen LogP contribution is 2.26. The SMILES string of the molecule is CCOC(=O)c1cccc(SC(F)F)c1.O=C(O)c1cccc(S)c1.O=C(O)c1cccc(SC(F)F)c1. The molecule has 0 fully saturated rings. The molecule has 0 saturated carbocycles. The number of ether oxygens (including phenoxy) is 1. The Balaban J connectivity index is 0.000000291. The molecule has 0 aliphatic rings.